The minimum absolute atomic E-state index is 0.0908. The minimum Gasteiger partial charge on any atom is -0.486 e. The maximum absolute atomic E-state index is 13.3. The van der Waals surface area contributed by atoms with Gasteiger partial charge < -0.3 is 14.8 Å². The maximum atomic E-state index is 13.3. The van der Waals surface area contributed by atoms with Crippen molar-refractivity contribution < 1.29 is 22.7 Å². The number of nitrogens with one attached hydrogen (secondary N) is 1. The van der Waals surface area contributed by atoms with Gasteiger partial charge in [-0.3, -0.25) is 9.10 Å². The van der Waals surface area contributed by atoms with Crippen molar-refractivity contribution in [2.24, 2.45) is 0 Å². The Bertz CT molecular complexity index is 1270. The Labute approximate surface area is 186 Å². The van der Waals surface area contributed by atoms with Crippen LogP contribution < -0.4 is 19.1 Å². The lowest BCUT2D eigenvalue weighted by Crippen LogP contribution is -2.40. The molecule has 0 aromatic heterocycles. The molecule has 7 nitrogen and oxygen atoms in total. The van der Waals surface area contributed by atoms with Crippen LogP contribution in [-0.2, 0) is 16.4 Å². The second-order valence-electron chi connectivity index (χ2n) is 7.69. The van der Waals surface area contributed by atoms with E-state index in [4.69, 9.17) is 9.47 Å². The first-order valence-corrected chi connectivity index (χ1v) is 11.8. The van der Waals surface area contributed by atoms with E-state index in [-0.39, 0.29) is 29.0 Å². The summed E-state index contributed by atoms with van der Waals surface area (Å²) in [5.74, 6) is 0.944. The molecule has 164 valence electrons. The van der Waals surface area contributed by atoms with Crippen molar-refractivity contribution in [1.82, 2.24) is 5.32 Å². The van der Waals surface area contributed by atoms with Crippen LogP contribution in [0.4, 0.5) is 5.69 Å². The number of fused-ring (bicyclic) bond motifs is 2. The van der Waals surface area contributed by atoms with Gasteiger partial charge in [-0.2, -0.15) is 0 Å². The van der Waals surface area contributed by atoms with Crippen LogP contribution in [0.5, 0.6) is 11.5 Å². The normalized spacial score (nSPS) is 17.0. The lowest BCUT2D eigenvalue weighted by atomic mass is 10.2. The van der Waals surface area contributed by atoms with Crippen LogP contribution in [0, 0.1) is 0 Å². The van der Waals surface area contributed by atoms with Crippen LogP contribution in [0.1, 0.15) is 15.9 Å². The number of anilines is 1. The van der Waals surface area contributed by atoms with E-state index in [0.29, 0.717) is 36.8 Å². The number of hydrogen-bond donors (Lipinski definition) is 1. The highest BCUT2D eigenvalue weighted by Crippen LogP contribution is 2.33. The van der Waals surface area contributed by atoms with Crippen molar-refractivity contribution in [3.05, 3.63) is 83.9 Å². The third-order valence-electron chi connectivity index (χ3n) is 5.59. The van der Waals surface area contributed by atoms with Crippen LogP contribution in [0.15, 0.2) is 77.7 Å². The molecule has 0 aliphatic carbocycles. The number of para-hydroxylation sites is 3. The number of ether oxygens (including phenoxy) is 2. The van der Waals surface area contributed by atoms with E-state index in [9.17, 15) is 13.2 Å². The van der Waals surface area contributed by atoms with Crippen molar-refractivity contribution in [2.45, 2.75) is 17.4 Å². The molecule has 2 aliphatic rings. The molecular formula is C24H22N2O5S. The topological polar surface area (TPSA) is 84.9 Å². The molecular weight excluding hydrogens is 428 g/mol. The Kier molecular flexibility index (Phi) is 5.22. The Morgan fingerprint density at radius 3 is 2.66 bits per heavy atom. The molecule has 0 spiro atoms. The van der Waals surface area contributed by atoms with Crippen LogP contribution >= 0.6 is 0 Å². The monoisotopic (exact) mass is 450 g/mol. The molecule has 0 radical (unpaired) electrons. The van der Waals surface area contributed by atoms with Crippen molar-refractivity contribution in [1.29, 1.82) is 0 Å². The number of nitrogens with zero attached hydrogens (tertiary/aromatic N) is 1. The molecule has 2 heterocycles. The highest BCUT2D eigenvalue weighted by atomic mass is 32.2. The first-order valence-electron chi connectivity index (χ1n) is 10.4. The van der Waals surface area contributed by atoms with Gasteiger partial charge in [0.25, 0.3) is 15.9 Å². The molecule has 1 atom stereocenters. The third kappa shape index (κ3) is 3.78. The predicted octanol–water partition coefficient (Wildman–Crippen LogP) is 3.01. The molecule has 5 rings (SSSR count). The van der Waals surface area contributed by atoms with Crippen molar-refractivity contribution in [3.8, 4) is 11.5 Å². The van der Waals surface area contributed by atoms with Gasteiger partial charge in [-0.1, -0.05) is 36.4 Å². The molecule has 0 fully saturated rings. The Hall–Kier alpha value is -3.52. The average Bonchev–Trinajstić information content (AvgIpc) is 3.27. The van der Waals surface area contributed by atoms with E-state index >= 15 is 0 Å². The molecule has 3 aromatic rings. The molecule has 0 saturated heterocycles. The van der Waals surface area contributed by atoms with Gasteiger partial charge in [0.05, 0.1) is 17.1 Å². The van der Waals surface area contributed by atoms with Gasteiger partial charge in [0.2, 0.25) is 0 Å². The van der Waals surface area contributed by atoms with E-state index in [0.717, 1.165) is 5.56 Å². The molecule has 3 aromatic carbocycles. The summed E-state index contributed by atoms with van der Waals surface area (Å²) in [6.07, 6.45) is 0.337. The van der Waals surface area contributed by atoms with Gasteiger partial charge in [-0.25, -0.2) is 8.42 Å². The Balaban J connectivity index is 1.28. The summed E-state index contributed by atoms with van der Waals surface area (Å²) in [5.41, 5.74) is 1.97. The summed E-state index contributed by atoms with van der Waals surface area (Å²) < 4.78 is 39.4. The standard InChI is InChI=1S/C24H22N2O5S/c27-24(25-15-19-16-30-22-10-3-4-11-23(22)31-19)18-7-5-8-20(14-18)32(28,29)26-13-12-17-6-1-2-9-21(17)26/h1-11,14,19H,12-13,15-16H2,(H,25,27)/t19-/m1/s1. The summed E-state index contributed by atoms with van der Waals surface area (Å²) in [4.78, 5) is 12.8. The van der Waals surface area contributed by atoms with Gasteiger partial charge in [-0.15, -0.1) is 0 Å². The van der Waals surface area contributed by atoms with Gasteiger partial charge in [0.15, 0.2) is 11.5 Å². The van der Waals surface area contributed by atoms with Crippen molar-refractivity contribution >= 4 is 21.6 Å². The summed E-state index contributed by atoms with van der Waals surface area (Å²) >= 11 is 0. The van der Waals surface area contributed by atoms with Crippen LogP contribution in [0.2, 0.25) is 0 Å². The first-order chi connectivity index (χ1) is 15.5. The Morgan fingerprint density at radius 2 is 1.78 bits per heavy atom. The zero-order chi connectivity index (χ0) is 22.1. The van der Waals surface area contributed by atoms with Crippen LogP contribution in [0.25, 0.3) is 0 Å². The highest BCUT2D eigenvalue weighted by molar-refractivity contribution is 7.92. The van der Waals surface area contributed by atoms with Crippen LogP contribution in [0.3, 0.4) is 0 Å². The minimum atomic E-state index is -3.77. The van der Waals surface area contributed by atoms with Crippen LogP contribution in [-0.4, -0.2) is 40.1 Å². The SMILES string of the molecule is O=C(NC[C@@H]1COc2ccccc2O1)c1cccc(S(=O)(=O)N2CCc3ccccc32)c1. The van der Waals surface area contributed by atoms with E-state index in [1.165, 1.54) is 16.4 Å². The number of amides is 1. The lowest BCUT2D eigenvalue weighted by molar-refractivity contribution is 0.0789. The van der Waals surface area contributed by atoms with Gasteiger partial charge in [0, 0.05) is 12.1 Å². The van der Waals surface area contributed by atoms with Gasteiger partial charge in [-0.05, 0) is 48.4 Å². The molecule has 1 N–H and O–H groups in total. The fourth-order valence-corrected chi connectivity index (χ4v) is 5.50. The van der Waals surface area contributed by atoms with E-state index in [2.05, 4.69) is 5.32 Å². The van der Waals surface area contributed by atoms with Crippen molar-refractivity contribution in [3.63, 3.8) is 0 Å². The second-order valence-corrected chi connectivity index (χ2v) is 9.55. The fraction of sp³-hybridized carbons (Fsp3) is 0.208. The largest absolute Gasteiger partial charge is 0.486 e. The molecule has 0 unspecified atom stereocenters. The second kappa shape index (κ2) is 8.20. The van der Waals surface area contributed by atoms with Gasteiger partial charge in [0.1, 0.15) is 12.7 Å². The number of carbonyl (C=O) groups is 1. The van der Waals surface area contributed by atoms with Gasteiger partial charge >= 0.3 is 0 Å². The summed E-state index contributed by atoms with van der Waals surface area (Å²) in [5, 5.41) is 2.81. The fourth-order valence-electron chi connectivity index (χ4n) is 3.95. The zero-order valence-electron chi connectivity index (χ0n) is 17.2. The van der Waals surface area contributed by atoms with E-state index in [1.54, 1.807) is 18.2 Å². The van der Waals surface area contributed by atoms with Crippen molar-refractivity contribution in [2.75, 3.05) is 24.0 Å². The molecule has 0 bridgehead atoms. The number of carbonyl (C=O) groups excluding carboxylic acids is 1. The number of sulfonamides is 1. The third-order valence-corrected chi connectivity index (χ3v) is 7.40. The number of rotatable bonds is 5. The number of benzene rings is 3. The maximum Gasteiger partial charge on any atom is 0.264 e. The summed E-state index contributed by atoms with van der Waals surface area (Å²) in [6, 6.07) is 20.9. The van der Waals surface area contributed by atoms with E-state index < -0.39 is 10.0 Å². The quantitative estimate of drug-likeness (QED) is 0.646. The molecule has 2 aliphatic heterocycles. The summed E-state index contributed by atoms with van der Waals surface area (Å²) in [7, 11) is -3.77. The summed E-state index contributed by atoms with van der Waals surface area (Å²) in [6.45, 7) is 0.947. The average molecular weight is 451 g/mol. The smallest absolute Gasteiger partial charge is 0.264 e. The van der Waals surface area contributed by atoms with E-state index in [1.807, 2.05) is 42.5 Å². The molecule has 8 heteroatoms. The molecule has 1 amide bonds. The zero-order valence-corrected chi connectivity index (χ0v) is 18.0. The number of hydrogen-bond acceptors (Lipinski definition) is 5. The molecule has 32 heavy (non-hydrogen) atoms. The predicted molar refractivity (Wildman–Crippen MR) is 120 cm³/mol. The highest BCUT2D eigenvalue weighted by Gasteiger charge is 2.31. The lowest BCUT2D eigenvalue weighted by Gasteiger charge is -2.26. The molecule has 0 saturated carbocycles. The Morgan fingerprint density at radius 1 is 1.00 bits per heavy atom. The first kappa shape index (κ1) is 20.4.